The summed E-state index contributed by atoms with van der Waals surface area (Å²) in [5, 5.41) is 4.16. The van der Waals surface area contributed by atoms with Gasteiger partial charge in [-0.1, -0.05) is 18.2 Å². The molecule has 3 nitrogen and oxygen atoms in total. The van der Waals surface area contributed by atoms with E-state index in [4.69, 9.17) is 0 Å². The summed E-state index contributed by atoms with van der Waals surface area (Å²) in [6.45, 7) is -0.156. The van der Waals surface area contributed by atoms with Gasteiger partial charge in [-0.3, -0.25) is 9.59 Å². The van der Waals surface area contributed by atoms with Crippen LogP contribution in [-0.4, -0.2) is 18.2 Å². The van der Waals surface area contributed by atoms with Gasteiger partial charge in [0.05, 0.1) is 17.8 Å². The van der Waals surface area contributed by atoms with Gasteiger partial charge in [-0.05, 0) is 17.5 Å². The summed E-state index contributed by atoms with van der Waals surface area (Å²) in [5.41, 5.74) is -0.0360. The van der Waals surface area contributed by atoms with Crippen molar-refractivity contribution < 1.29 is 18.4 Å². The van der Waals surface area contributed by atoms with E-state index in [1.54, 1.807) is 17.5 Å². The fourth-order valence-corrected chi connectivity index (χ4v) is 2.29. The van der Waals surface area contributed by atoms with Crippen molar-refractivity contribution >= 4 is 23.0 Å². The zero-order valence-electron chi connectivity index (χ0n) is 10.4. The largest absolute Gasteiger partial charge is 0.348 e. The monoisotopic (exact) mass is 295 g/mol. The number of benzene rings is 1. The minimum Gasteiger partial charge on any atom is -0.348 e. The highest BCUT2D eigenvalue weighted by atomic mass is 32.1. The lowest BCUT2D eigenvalue weighted by molar-refractivity contribution is -0.120. The molecule has 2 aromatic rings. The average Bonchev–Trinajstić information content (AvgIpc) is 2.95. The predicted octanol–water partition coefficient (Wildman–Crippen LogP) is 2.57. The molecule has 2 rings (SSSR count). The molecule has 1 heterocycles. The molecule has 20 heavy (non-hydrogen) atoms. The molecule has 0 aliphatic heterocycles. The second kappa shape index (κ2) is 6.38. The number of nitrogens with one attached hydrogen (secondary N) is 1. The zero-order valence-corrected chi connectivity index (χ0v) is 11.2. The normalized spacial score (nSPS) is 10.3. The third-order valence-electron chi connectivity index (χ3n) is 2.62. The maximum absolute atomic E-state index is 13.4. The number of hydrogen-bond donors (Lipinski definition) is 1. The van der Waals surface area contributed by atoms with Crippen LogP contribution in [-0.2, 0) is 11.2 Å². The van der Waals surface area contributed by atoms with Gasteiger partial charge in [0.25, 0.3) is 0 Å². The molecule has 0 aliphatic carbocycles. The van der Waals surface area contributed by atoms with Crippen LogP contribution in [0.3, 0.4) is 0 Å². The van der Waals surface area contributed by atoms with Gasteiger partial charge in [0, 0.05) is 5.56 Å². The van der Waals surface area contributed by atoms with E-state index in [2.05, 4.69) is 5.32 Å². The van der Waals surface area contributed by atoms with E-state index in [-0.39, 0.29) is 24.3 Å². The fraction of sp³-hybridized carbons (Fsp3) is 0.143. The molecule has 0 saturated heterocycles. The van der Waals surface area contributed by atoms with Gasteiger partial charge in [-0.2, -0.15) is 0 Å². The Balaban J connectivity index is 1.90. The molecule has 1 N–H and O–H groups in total. The van der Waals surface area contributed by atoms with Crippen LogP contribution in [0.2, 0.25) is 0 Å². The Morgan fingerprint density at radius 2 is 1.95 bits per heavy atom. The van der Waals surface area contributed by atoms with Crippen molar-refractivity contribution in [3.05, 3.63) is 57.8 Å². The van der Waals surface area contributed by atoms with Crippen LogP contribution in [0, 0.1) is 11.6 Å². The molecule has 104 valence electrons. The molecule has 0 saturated carbocycles. The predicted molar refractivity (Wildman–Crippen MR) is 71.7 cm³/mol. The topological polar surface area (TPSA) is 46.2 Å². The number of Topliss-reactive ketones (excluding diaryl/α,β-unsaturated/α-hetero) is 1. The van der Waals surface area contributed by atoms with E-state index < -0.39 is 17.5 Å². The molecule has 0 atom stereocenters. The average molecular weight is 295 g/mol. The van der Waals surface area contributed by atoms with E-state index >= 15 is 0 Å². The van der Waals surface area contributed by atoms with Crippen molar-refractivity contribution in [3.8, 4) is 0 Å². The highest BCUT2D eigenvalue weighted by Crippen LogP contribution is 2.12. The third-order valence-corrected chi connectivity index (χ3v) is 3.54. The van der Waals surface area contributed by atoms with E-state index in [9.17, 15) is 18.4 Å². The molecule has 0 bridgehead atoms. The Kier molecular flexibility index (Phi) is 4.57. The molecule has 1 aromatic carbocycles. The Morgan fingerprint density at radius 3 is 2.65 bits per heavy atom. The second-order valence-electron chi connectivity index (χ2n) is 4.07. The minimum absolute atomic E-state index is 0.0360. The van der Waals surface area contributed by atoms with Gasteiger partial charge >= 0.3 is 0 Å². The van der Waals surface area contributed by atoms with Crippen LogP contribution in [0.4, 0.5) is 8.78 Å². The number of carbonyl (C=O) groups is 2. The second-order valence-corrected chi connectivity index (χ2v) is 5.01. The lowest BCUT2D eigenvalue weighted by Crippen LogP contribution is -2.30. The Hall–Kier alpha value is -2.08. The third kappa shape index (κ3) is 3.48. The van der Waals surface area contributed by atoms with Gasteiger partial charge in [-0.25, -0.2) is 8.78 Å². The lowest BCUT2D eigenvalue weighted by atomic mass is 10.1. The van der Waals surface area contributed by atoms with Crippen molar-refractivity contribution in [2.45, 2.75) is 6.42 Å². The SMILES string of the molecule is O=C(Cc1cccc(F)c1F)NCC(=O)c1cccs1. The van der Waals surface area contributed by atoms with E-state index in [1.807, 2.05) is 0 Å². The maximum Gasteiger partial charge on any atom is 0.224 e. The number of hydrogen-bond acceptors (Lipinski definition) is 3. The van der Waals surface area contributed by atoms with Crippen LogP contribution >= 0.6 is 11.3 Å². The van der Waals surface area contributed by atoms with Crippen molar-refractivity contribution in [3.63, 3.8) is 0 Å². The van der Waals surface area contributed by atoms with E-state index in [1.165, 1.54) is 23.5 Å². The molecule has 1 amide bonds. The van der Waals surface area contributed by atoms with Crippen LogP contribution in [0.5, 0.6) is 0 Å². The number of ketones is 1. The summed E-state index contributed by atoms with van der Waals surface area (Å²) < 4.78 is 26.3. The van der Waals surface area contributed by atoms with E-state index in [0.29, 0.717) is 4.88 Å². The zero-order chi connectivity index (χ0) is 14.5. The van der Waals surface area contributed by atoms with Gasteiger partial charge in [0.1, 0.15) is 0 Å². The summed E-state index contributed by atoms with van der Waals surface area (Å²) in [6.07, 6.45) is -0.304. The molecule has 6 heteroatoms. The standard InChI is InChI=1S/C14H11F2NO2S/c15-10-4-1-3-9(14(10)16)7-13(19)17-8-11(18)12-5-2-6-20-12/h1-6H,7-8H2,(H,17,19). The molecular formula is C14H11F2NO2S. The van der Waals surface area contributed by atoms with Crippen LogP contribution < -0.4 is 5.32 Å². The summed E-state index contributed by atoms with van der Waals surface area (Å²) in [7, 11) is 0. The lowest BCUT2D eigenvalue weighted by Gasteiger charge is -2.05. The van der Waals surface area contributed by atoms with Crippen LogP contribution in [0.1, 0.15) is 15.2 Å². The first kappa shape index (κ1) is 14.3. The van der Waals surface area contributed by atoms with Gasteiger partial charge in [-0.15, -0.1) is 11.3 Å². The Bertz CT molecular complexity index is 626. The summed E-state index contributed by atoms with van der Waals surface area (Å²) in [6, 6.07) is 7.04. The molecular weight excluding hydrogens is 284 g/mol. The fourth-order valence-electron chi connectivity index (χ4n) is 1.62. The highest BCUT2D eigenvalue weighted by Gasteiger charge is 2.13. The van der Waals surface area contributed by atoms with E-state index in [0.717, 1.165) is 6.07 Å². The molecule has 0 spiro atoms. The smallest absolute Gasteiger partial charge is 0.224 e. The Labute approximate surface area is 118 Å². The van der Waals surface area contributed by atoms with Crippen molar-refractivity contribution in [2.75, 3.05) is 6.54 Å². The number of amides is 1. The molecule has 1 aromatic heterocycles. The number of halogens is 2. The van der Waals surface area contributed by atoms with Crippen molar-refractivity contribution in [2.24, 2.45) is 0 Å². The highest BCUT2D eigenvalue weighted by molar-refractivity contribution is 7.12. The quantitative estimate of drug-likeness (QED) is 0.862. The maximum atomic E-state index is 13.4. The van der Waals surface area contributed by atoms with Gasteiger partial charge in [0.15, 0.2) is 17.4 Å². The number of rotatable bonds is 5. The summed E-state index contributed by atoms with van der Waals surface area (Å²) in [4.78, 5) is 23.8. The first-order valence-electron chi connectivity index (χ1n) is 5.84. The number of thiophene rings is 1. The first-order chi connectivity index (χ1) is 9.58. The van der Waals surface area contributed by atoms with Crippen molar-refractivity contribution in [1.82, 2.24) is 5.32 Å². The Morgan fingerprint density at radius 1 is 1.15 bits per heavy atom. The molecule has 0 fully saturated rings. The molecule has 0 unspecified atom stereocenters. The summed E-state index contributed by atoms with van der Waals surface area (Å²) >= 11 is 1.28. The minimum atomic E-state index is -1.03. The van der Waals surface area contributed by atoms with Gasteiger partial charge < -0.3 is 5.32 Å². The van der Waals surface area contributed by atoms with Gasteiger partial charge in [0.2, 0.25) is 5.91 Å². The first-order valence-corrected chi connectivity index (χ1v) is 6.72. The molecule has 0 aliphatic rings. The summed E-state index contributed by atoms with van der Waals surface area (Å²) in [5.74, 6) is -2.77. The van der Waals surface area contributed by atoms with Crippen molar-refractivity contribution in [1.29, 1.82) is 0 Å². The number of carbonyl (C=O) groups excluding carboxylic acids is 2. The van der Waals surface area contributed by atoms with Crippen LogP contribution in [0.15, 0.2) is 35.7 Å². The van der Waals surface area contributed by atoms with Crippen LogP contribution in [0.25, 0.3) is 0 Å². The molecule has 0 radical (unpaired) electrons.